The highest BCUT2D eigenvalue weighted by Crippen LogP contribution is 2.26. The number of benzene rings is 1. The van der Waals surface area contributed by atoms with E-state index < -0.39 is 0 Å². The standard InChI is InChI=1S/C17H20N4O/c1-13-10-19-15(11-18-13)17(22)21-9-8-20(2)12-16(21)14-6-4-3-5-7-14/h3-7,10-11,16H,8-9,12H2,1-2H3/t16-/m1/s1. The summed E-state index contributed by atoms with van der Waals surface area (Å²) >= 11 is 0. The van der Waals surface area contributed by atoms with E-state index in [0.29, 0.717) is 12.2 Å². The maximum atomic E-state index is 12.8. The van der Waals surface area contributed by atoms with Gasteiger partial charge < -0.3 is 9.80 Å². The third-order valence-electron chi connectivity index (χ3n) is 4.03. The summed E-state index contributed by atoms with van der Waals surface area (Å²) in [5.74, 6) is -0.0468. The Kier molecular flexibility index (Phi) is 4.15. The van der Waals surface area contributed by atoms with E-state index >= 15 is 0 Å². The number of piperazine rings is 1. The third kappa shape index (κ3) is 2.99. The molecule has 1 aromatic heterocycles. The quantitative estimate of drug-likeness (QED) is 0.849. The van der Waals surface area contributed by atoms with Crippen molar-refractivity contribution in [2.45, 2.75) is 13.0 Å². The Morgan fingerprint density at radius 3 is 2.59 bits per heavy atom. The van der Waals surface area contributed by atoms with Crippen LogP contribution in [0.3, 0.4) is 0 Å². The van der Waals surface area contributed by atoms with Gasteiger partial charge in [0.05, 0.1) is 17.9 Å². The van der Waals surface area contributed by atoms with Crippen LogP contribution in [-0.4, -0.2) is 52.4 Å². The van der Waals surface area contributed by atoms with Crippen molar-refractivity contribution in [1.29, 1.82) is 0 Å². The average molecular weight is 296 g/mol. The average Bonchev–Trinajstić information content (AvgIpc) is 2.56. The number of carbonyl (C=O) groups excluding carboxylic acids is 1. The van der Waals surface area contributed by atoms with E-state index in [1.165, 1.54) is 0 Å². The molecular weight excluding hydrogens is 276 g/mol. The first-order valence-electron chi connectivity index (χ1n) is 7.48. The summed E-state index contributed by atoms with van der Waals surface area (Å²) < 4.78 is 0. The first-order chi connectivity index (χ1) is 10.6. The predicted octanol–water partition coefficient (Wildman–Crippen LogP) is 1.91. The first kappa shape index (κ1) is 14.7. The lowest BCUT2D eigenvalue weighted by molar-refractivity contribution is 0.0492. The van der Waals surface area contributed by atoms with Crippen LogP contribution >= 0.6 is 0 Å². The van der Waals surface area contributed by atoms with Gasteiger partial charge in [-0.15, -0.1) is 0 Å². The predicted molar refractivity (Wildman–Crippen MR) is 84.5 cm³/mol. The molecule has 1 aliphatic rings. The molecular formula is C17H20N4O. The van der Waals surface area contributed by atoms with Gasteiger partial charge in [0, 0.05) is 25.8 Å². The topological polar surface area (TPSA) is 49.3 Å². The monoisotopic (exact) mass is 296 g/mol. The smallest absolute Gasteiger partial charge is 0.274 e. The second-order valence-electron chi connectivity index (χ2n) is 5.73. The number of carbonyl (C=O) groups is 1. The fourth-order valence-electron chi connectivity index (χ4n) is 2.77. The number of hydrogen-bond donors (Lipinski definition) is 0. The van der Waals surface area contributed by atoms with Crippen LogP contribution in [0.4, 0.5) is 0 Å². The molecule has 1 aromatic carbocycles. The molecule has 3 rings (SSSR count). The highest BCUT2D eigenvalue weighted by molar-refractivity contribution is 5.92. The van der Waals surface area contributed by atoms with E-state index in [-0.39, 0.29) is 11.9 Å². The molecule has 0 spiro atoms. The number of aromatic nitrogens is 2. The largest absolute Gasteiger partial charge is 0.328 e. The van der Waals surface area contributed by atoms with Crippen molar-refractivity contribution in [3.05, 3.63) is 59.7 Å². The first-order valence-corrected chi connectivity index (χ1v) is 7.48. The molecule has 1 fully saturated rings. The van der Waals surface area contributed by atoms with E-state index in [4.69, 9.17) is 0 Å². The summed E-state index contributed by atoms with van der Waals surface area (Å²) in [5.41, 5.74) is 2.38. The molecule has 0 unspecified atom stereocenters. The Labute approximate surface area is 130 Å². The lowest BCUT2D eigenvalue weighted by Gasteiger charge is -2.40. The van der Waals surface area contributed by atoms with Gasteiger partial charge in [0.15, 0.2) is 0 Å². The maximum Gasteiger partial charge on any atom is 0.274 e. The van der Waals surface area contributed by atoms with Crippen LogP contribution in [0.2, 0.25) is 0 Å². The van der Waals surface area contributed by atoms with E-state index in [1.807, 2.05) is 30.0 Å². The lowest BCUT2D eigenvalue weighted by atomic mass is 10.0. The van der Waals surface area contributed by atoms with Crippen molar-refractivity contribution in [2.75, 3.05) is 26.7 Å². The molecule has 2 aromatic rings. The summed E-state index contributed by atoms with van der Waals surface area (Å²) in [4.78, 5) is 25.4. The van der Waals surface area contributed by atoms with Gasteiger partial charge >= 0.3 is 0 Å². The molecule has 1 aliphatic heterocycles. The number of rotatable bonds is 2. The Morgan fingerprint density at radius 1 is 1.14 bits per heavy atom. The fraction of sp³-hybridized carbons (Fsp3) is 0.353. The minimum absolute atomic E-state index is 0.0468. The van der Waals surface area contributed by atoms with Gasteiger partial charge in [-0.2, -0.15) is 0 Å². The summed E-state index contributed by atoms with van der Waals surface area (Å²) in [7, 11) is 2.09. The van der Waals surface area contributed by atoms with Crippen molar-refractivity contribution in [1.82, 2.24) is 19.8 Å². The van der Waals surface area contributed by atoms with Crippen LogP contribution < -0.4 is 0 Å². The summed E-state index contributed by atoms with van der Waals surface area (Å²) in [6.07, 6.45) is 3.21. The van der Waals surface area contributed by atoms with Crippen molar-refractivity contribution >= 4 is 5.91 Å². The van der Waals surface area contributed by atoms with Gasteiger partial charge in [0.1, 0.15) is 5.69 Å². The Morgan fingerprint density at radius 2 is 1.91 bits per heavy atom. The molecule has 0 radical (unpaired) electrons. The maximum absolute atomic E-state index is 12.8. The van der Waals surface area contributed by atoms with Gasteiger partial charge in [0.2, 0.25) is 0 Å². The highest BCUT2D eigenvalue weighted by Gasteiger charge is 2.31. The third-order valence-corrected chi connectivity index (χ3v) is 4.03. The highest BCUT2D eigenvalue weighted by atomic mass is 16.2. The molecule has 0 saturated carbocycles. The van der Waals surface area contributed by atoms with Gasteiger partial charge in [-0.3, -0.25) is 9.78 Å². The molecule has 1 amide bonds. The van der Waals surface area contributed by atoms with E-state index in [0.717, 1.165) is 24.3 Å². The molecule has 5 nitrogen and oxygen atoms in total. The van der Waals surface area contributed by atoms with Crippen LogP contribution in [0, 0.1) is 6.92 Å². The Hall–Kier alpha value is -2.27. The molecule has 0 bridgehead atoms. The molecule has 0 aliphatic carbocycles. The second kappa shape index (κ2) is 6.23. The SMILES string of the molecule is Cc1cnc(C(=O)N2CCN(C)C[C@@H]2c2ccccc2)cn1. The zero-order valence-electron chi connectivity index (χ0n) is 12.9. The Bertz CT molecular complexity index is 641. The van der Waals surface area contributed by atoms with E-state index in [9.17, 15) is 4.79 Å². The fourth-order valence-corrected chi connectivity index (χ4v) is 2.77. The van der Waals surface area contributed by atoms with Crippen LogP contribution in [0.1, 0.15) is 27.8 Å². The van der Waals surface area contributed by atoms with Crippen LogP contribution in [0.25, 0.3) is 0 Å². The second-order valence-corrected chi connectivity index (χ2v) is 5.73. The van der Waals surface area contributed by atoms with Crippen LogP contribution in [0.5, 0.6) is 0 Å². The van der Waals surface area contributed by atoms with Gasteiger partial charge in [-0.05, 0) is 19.5 Å². The van der Waals surface area contributed by atoms with Crippen molar-refractivity contribution in [3.8, 4) is 0 Å². The number of amides is 1. The van der Waals surface area contributed by atoms with Crippen molar-refractivity contribution in [2.24, 2.45) is 0 Å². The zero-order chi connectivity index (χ0) is 15.5. The minimum atomic E-state index is -0.0468. The van der Waals surface area contributed by atoms with Crippen LogP contribution in [0.15, 0.2) is 42.7 Å². The molecule has 0 N–H and O–H groups in total. The minimum Gasteiger partial charge on any atom is -0.328 e. The van der Waals surface area contributed by atoms with Gasteiger partial charge in [0.25, 0.3) is 5.91 Å². The normalized spacial score (nSPS) is 19.2. The van der Waals surface area contributed by atoms with Crippen molar-refractivity contribution in [3.63, 3.8) is 0 Å². The summed E-state index contributed by atoms with van der Waals surface area (Å²) in [5, 5.41) is 0. The number of aryl methyl sites for hydroxylation is 1. The van der Waals surface area contributed by atoms with E-state index in [2.05, 4.69) is 34.0 Å². The molecule has 1 atom stereocenters. The van der Waals surface area contributed by atoms with Gasteiger partial charge in [-0.1, -0.05) is 30.3 Å². The zero-order valence-corrected chi connectivity index (χ0v) is 12.9. The lowest BCUT2D eigenvalue weighted by Crippen LogP contribution is -2.49. The summed E-state index contributed by atoms with van der Waals surface area (Å²) in [6, 6.07) is 10.2. The Balaban J connectivity index is 1.89. The molecule has 22 heavy (non-hydrogen) atoms. The number of nitrogens with zero attached hydrogens (tertiary/aromatic N) is 4. The molecule has 1 saturated heterocycles. The summed E-state index contributed by atoms with van der Waals surface area (Å²) in [6.45, 7) is 4.26. The van der Waals surface area contributed by atoms with E-state index in [1.54, 1.807) is 12.4 Å². The van der Waals surface area contributed by atoms with Gasteiger partial charge in [-0.25, -0.2) is 4.98 Å². The number of likely N-dealkylation sites (N-methyl/N-ethyl adjacent to an activating group) is 1. The van der Waals surface area contributed by atoms with Crippen LogP contribution in [-0.2, 0) is 0 Å². The number of hydrogen-bond acceptors (Lipinski definition) is 4. The molecule has 5 heteroatoms. The molecule has 2 heterocycles. The molecule has 114 valence electrons. The van der Waals surface area contributed by atoms with Crippen molar-refractivity contribution < 1.29 is 4.79 Å².